The zero-order valence-corrected chi connectivity index (χ0v) is 7.04. The Balaban J connectivity index is 2.65. The van der Waals surface area contributed by atoms with Gasteiger partial charge in [-0.25, -0.2) is 0 Å². The fourth-order valence-electron chi connectivity index (χ4n) is 1.75. The molecule has 0 aliphatic carbocycles. The molecule has 13 heavy (non-hydrogen) atoms. The van der Waals surface area contributed by atoms with Crippen LogP contribution in [-0.4, -0.2) is 4.98 Å². The number of fused-ring (bicyclic) bond motifs is 3. The Hall–Kier alpha value is -1.76. The predicted molar refractivity (Wildman–Crippen MR) is 54.6 cm³/mol. The number of H-pyrrole nitrogens is 1. The molecule has 1 aromatic heterocycles. The highest BCUT2D eigenvalue weighted by Gasteiger charge is 1.98. The van der Waals surface area contributed by atoms with Gasteiger partial charge in [-0.2, -0.15) is 0 Å². The summed E-state index contributed by atoms with van der Waals surface area (Å²) in [7, 11) is 0. The van der Waals surface area contributed by atoms with Crippen LogP contribution >= 0.6 is 0 Å². The lowest BCUT2D eigenvalue weighted by atomic mass is 10.1. The van der Waals surface area contributed by atoms with Crippen LogP contribution in [0.3, 0.4) is 0 Å². The largest absolute Gasteiger partial charge is 0.353 e. The molecule has 1 heteroatoms. The maximum absolute atomic E-state index is 3.09. The Labute approximate surface area is 76.0 Å². The van der Waals surface area contributed by atoms with Crippen molar-refractivity contribution in [2.45, 2.75) is 0 Å². The lowest BCUT2D eigenvalue weighted by molar-refractivity contribution is 1.46. The number of hydrogen-bond donors (Lipinski definition) is 1. The Morgan fingerprint density at radius 1 is 0.923 bits per heavy atom. The molecule has 0 bridgehead atoms. The number of aromatic nitrogens is 1. The first-order chi connectivity index (χ1) is 6.45. The molecule has 0 spiro atoms. The molecule has 0 saturated carbocycles. The summed E-state index contributed by atoms with van der Waals surface area (Å²) in [6, 6.07) is 14.6. The van der Waals surface area contributed by atoms with E-state index in [2.05, 4.69) is 47.6 Å². The van der Waals surface area contributed by atoms with Crippen LogP contribution in [0.25, 0.3) is 21.7 Å². The van der Waals surface area contributed by atoms with E-state index in [4.69, 9.17) is 0 Å². The number of benzene rings is 2. The third-order valence-corrected chi connectivity index (χ3v) is 2.39. The molecule has 1 radical (unpaired) electrons. The first kappa shape index (κ1) is 6.72. The van der Waals surface area contributed by atoms with Gasteiger partial charge < -0.3 is 4.98 Å². The topological polar surface area (TPSA) is 15.8 Å². The van der Waals surface area contributed by atoms with Gasteiger partial charge in [0.1, 0.15) is 0 Å². The first-order valence-corrected chi connectivity index (χ1v) is 4.32. The zero-order valence-electron chi connectivity index (χ0n) is 7.04. The standard InChI is InChI=1S/C12H8N/c1-2-4-10-9(3-1)5-6-12-11(10)7-8-13-12/h1-7,13H. The SMILES string of the molecule is [c]1cc2c(ccc3ccccc32)[nH]1. The Morgan fingerprint density at radius 3 is 2.85 bits per heavy atom. The highest BCUT2D eigenvalue weighted by Crippen LogP contribution is 2.23. The van der Waals surface area contributed by atoms with Gasteiger partial charge in [0.25, 0.3) is 0 Å². The second-order valence-corrected chi connectivity index (χ2v) is 3.16. The molecule has 1 heterocycles. The summed E-state index contributed by atoms with van der Waals surface area (Å²) in [5.41, 5.74) is 1.15. The fraction of sp³-hybridized carbons (Fsp3) is 0. The summed E-state index contributed by atoms with van der Waals surface area (Å²) in [6.45, 7) is 0. The molecule has 3 aromatic rings. The average Bonchev–Trinajstić information content (AvgIpc) is 2.65. The van der Waals surface area contributed by atoms with Crippen LogP contribution < -0.4 is 0 Å². The molecule has 0 amide bonds. The Morgan fingerprint density at radius 2 is 1.85 bits per heavy atom. The number of hydrogen-bond acceptors (Lipinski definition) is 0. The minimum atomic E-state index is 1.15. The van der Waals surface area contributed by atoms with Crippen LogP contribution in [0.1, 0.15) is 0 Å². The van der Waals surface area contributed by atoms with Crippen molar-refractivity contribution in [1.82, 2.24) is 4.98 Å². The van der Waals surface area contributed by atoms with Gasteiger partial charge in [-0.15, -0.1) is 0 Å². The number of aromatic amines is 1. The van der Waals surface area contributed by atoms with Crippen LogP contribution in [0.2, 0.25) is 0 Å². The third-order valence-electron chi connectivity index (χ3n) is 2.39. The van der Waals surface area contributed by atoms with Gasteiger partial charge in [-0.05, 0) is 22.9 Å². The molecule has 0 unspecified atom stereocenters. The predicted octanol–water partition coefficient (Wildman–Crippen LogP) is 3.12. The van der Waals surface area contributed by atoms with Crippen molar-refractivity contribution in [3.05, 3.63) is 48.7 Å². The quantitative estimate of drug-likeness (QED) is 0.528. The van der Waals surface area contributed by atoms with Crippen LogP contribution in [-0.2, 0) is 0 Å². The molecule has 0 fully saturated rings. The van der Waals surface area contributed by atoms with Gasteiger partial charge in [0.2, 0.25) is 0 Å². The maximum atomic E-state index is 3.09. The molecule has 0 aliphatic rings. The highest BCUT2D eigenvalue weighted by atomic mass is 14.7. The van der Waals surface area contributed by atoms with Gasteiger partial charge in [-0.3, -0.25) is 0 Å². The van der Waals surface area contributed by atoms with E-state index < -0.39 is 0 Å². The van der Waals surface area contributed by atoms with E-state index in [1.807, 2.05) is 6.07 Å². The van der Waals surface area contributed by atoms with Crippen molar-refractivity contribution < 1.29 is 0 Å². The van der Waals surface area contributed by atoms with Crippen molar-refractivity contribution in [1.29, 1.82) is 0 Å². The monoisotopic (exact) mass is 166 g/mol. The second kappa shape index (κ2) is 2.36. The minimum Gasteiger partial charge on any atom is -0.353 e. The van der Waals surface area contributed by atoms with E-state index in [-0.39, 0.29) is 0 Å². The van der Waals surface area contributed by atoms with E-state index in [1.165, 1.54) is 16.2 Å². The van der Waals surface area contributed by atoms with Gasteiger partial charge >= 0.3 is 0 Å². The van der Waals surface area contributed by atoms with E-state index in [1.54, 1.807) is 0 Å². The van der Waals surface area contributed by atoms with Gasteiger partial charge in [-0.1, -0.05) is 30.3 Å². The first-order valence-electron chi connectivity index (χ1n) is 4.32. The summed E-state index contributed by atoms with van der Waals surface area (Å²) in [5, 5.41) is 3.82. The van der Waals surface area contributed by atoms with Gasteiger partial charge in [0.15, 0.2) is 0 Å². The van der Waals surface area contributed by atoms with Crippen molar-refractivity contribution >= 4 is 21.7 Å². The molecular formula is C12H8N. The van der Waals surface area contributed by atoms with Crippen molar-refractivity contribution in [3.63, 3.8) is 0 Å². The smallest absolute Gasteiger partial charge is 0.0630 e. The van der Waals surface area contributed by atoms with Crippen molar-refractivity contribution in [2.24, 2.45) is 0 Å². The van der Waals surface area contributed by atoms with Crippen LogP contribution in [0.4, 0.5) is 0 Å². The van der Waals surface area contributed by atoms with Crippen LogP contribution in [0.5, 0.6) is 0 Å². The molecular weight excluding hydrogens is 158 g/mol. The highest BCUT2D eigenvalue weighted by molar-refractivity contribution is 6.06. The Kier molecular flexibility index (Phi) is 1.22. The summed E-state index contributed by atoms with van der Waals surface area (Å²) in [6.07, 6.45) is 3.00. The summed E-state index contributed by atoms with van der Waals surface area (Å²) in [4.78, 5) is 3.09. The van der Waals surface area contributed by atoms with E-state index in [0.717, 1.165) is 5.52 Å². The molecule has 0 aliphatic heterocycles. The Bertz CT molecular complexity index is 563. The second-order valence-electron chi connectivity index (χ2n) is 3.16. The third kappa shape index (κ3) is 0.872. The molecule has 3 rings (SSSR count). The summed E-state index contributed by atoms with van der Waals surface area (Å²) in [5.74, 6) is 0. The average molecular weight is 166 g/mol. The van der Waals surface area contributed by atoms with Gasteiger partial charge in [0.05, 0.1) is 6.20 Å². The normalized spacial score (nSPS) is 11.1. The van der Waals surface area contributed by atoms with Crippen LogP contribution in [0, 0.1) is 6.20 Å². The van der Waals surface area contributed by atoms with Crippen LogP contribution in [0.15, 0.2) is 42.5 Å². The molecule has 1 nitrogen and oxygen atoms in total. The molecule has 61 valence electrons. The van der Waals surface area contributed by atoms with E-state index in [9.17, 15) is 0 Å². The maximum Gasteiger partial charge on any atom is 0.0630 e. The lowest BCUT2D eigenvalue weighted by Gasteiger charge is -1.97. The van der Waals surface area contributed by atoms with E-state index >= 15 is 0 Å². The molecule has 2 aromatic carbocycles. The molecule has 0 atom stereocenters. The number of nitrogens with one attached hydrogen (secondary N) is 1. The van der Waals surface area contributed by atoms with Gasteiger partial charge in [0, 0.05) is 10.9 Å². The zero-order chi connectivity index (χ0) is 8.67. The number of rotatable bonds is 0. The fourth-order valence-corrected chi connectivity index (χ4v) is 1.75. The van der Waals surface area contributed by atoms with Crippen molar-refractivity contribution in [3.8, 4) is 0 Å². The minimum absolute atomic E-state index is 1.15. The van der Waals surface area contributed by atoms with Crippen molar-refractivity contribution in [2.75, 3.05) is 0 Å². The summed E-state index contributed by atoms with van der Waals surface area (Å²) >= 11 is 0. The molecule has 1 N–H and O–H groups in total. The lowest BCUT2D eigenvalue weighted by Crippen LogP contribution is -1.72. The molecule has 0 saturated heterocycles. The summed E-state index contributed by atoms with van der Waals surface area (Å²) < 4.78 is 0. The van der Waals surface area contributed by atoms with E-state index in [0.29, 0.717) is 0 Å².